The molecule has 0 bridgehead atoms. The zero-order chi connectivity index (χ0) is 26.9. The molecule has 1 aliphatic heterocycles. The molecule has 2 N–H and O–H groups in total. The van der Waals surface area contributed by atoms with E-state index in [1.54, 1.807) is 0 Å². The minimum absolute atomic E-state index is 0.0809. The molecule has 1 amide bonds. The first-order chi connectivity index (χ1) is 18.2. The van der Waals surface area contributed by atoms with Gasteiger partial charge in [-0.1, -0.05) is 74.1 Å². The second-order valence-electron chi connectivity index (χ2n) is 11.4. The van der Waals surface area contributed by atoms with Crippen molar-refractivity contribution in [2.24, 2.45) is 0 Å². The Balaban J connectivity index is 1.18. The maximum Gasteiger partial charge on any atom is 0.409 e. The van der Waals surface area contributed by atoms with Crippen LogP contribution in [-0.4, -0.2) is 56.8 Å². The molecule has 1 fully saturated rings. The third-order valence-electron chi connectivity index (χ3n) is 7.47. The van der Waals surface area contributed by atoms with Crippen molar-refractivity contribution >= 4 is 19.9 Å². The first-order valence-electron chi connectivity index (χ1n) is 13.4. The van der Waals surface area contributed by atoms with E-state index in [9.17, 15) is 4.79 Å². The quantitative estimate of drug-likeness (QED) is 0.264. The van der Waals surface area contributed by atoms with Crippen LogP contribution in [0, 0.1) is 18.4 Å². The minimum atomic E-state index is -1.47. The van der Waals surface area contributed by atoms with E-state index in [-0.39, 0.29) is 12.0 Å². The highest BCUT2D eigenvalue weighted by atomic mass is 28.3. The van der Waals surface area contributed by atoms with Crippen molar-refractivity contribution in [3.8, 4) is 22.6 Å². The number of piperazine rings is 1. The fourth-order valence-corrected chi connectivity index (χ4v) is 5.87. The maximum atomic E-state index is 13.0. The zero-order valence-electron chi connectivity index (χ0n) is 22.9. The number of rotatable bonds is 4. The van der Waals surface area contributed by atoms with Gasteiger partial charge in [-0.2, -0.15) is 0 Å². The number of benzene rings is 3. The lowest BCUT2D eigenvalue weighted by Gasteiger charge is -2.34. The SMILES string of the molecule is Cc1c(C#C[Si](C)(C)C)cc(N)cc1CN1CCN(C(=O)OCC2c3ccccc3-c3ccccc32)CC1. The van der Waals surface area contributed by atoms with Crippen LogP contribution < -0.4 is 5.73 Å². The highest BCUT2D eigenvalue weighted by molar-refractivity contribution is 6.83. The van der Waals surface area contributed by atoms with Crippen LogP contribution in [0.15, 0.2) is 60.7 Å². The summed E-state index contributed by atoms with van der Waals surface area (Å²) in [6.45, 7) is 12.9. The fourth-order valence-electron chi connectivity index (χ4n) is 5.36. The third-order valence-corrected chi connectivity index (χ3v) is 8.35. The maximum absolute atomic E-state index is 13.0. The van der Waals surface area contributed by atoms with Crippen LogP contribution in [0.3, 0.4) is 0 Å². The first-order valence-corrected chi connectivity index (χ1v) is 16.9. The Morgan fingerprint density at radius 1 is 0.974 bits per heavy atom. The summed E-state index contributed by atoms with van der Waals surface area (Å²) in [5.74, 6) is 3.47. The van der Waals surface area contributed by atoms with Gasteiger partial charge in [0.1, 0.15) is 14.7 Å². The van der Waals surface area contributed by atoms with Gasteiger partial charge in [0.25, 0.3) is 0 Å². The molecule has 38 heavy (non-hydrogen) atoms. The summed E-state index contributed by atoms with van der Waals surface area (Å²) in [4.78, 5) is 17.2. The lowest BCUT2D eigenvalue weighted by atomic mass is 9.98. The Bertz CT molecular complexity index is 1360. The molecular formula is C32H37N3O2Si. The van der Waals surface area contributed by atoms with Crippen molar-refractivity contribution in [3.05, 3.63) is 88.5 Å². The Labute approximate surface area is 227 Å². The van der Waals surface area contributed by atoms with Crippen molar-refractivity contribution in [1.29, 1.82) is 0 Å². The van der Waals surface area contributed by atoms with E-state index in [1.807, 2.05) is 11.0 Å². The van der Waals surface area contributed by atoms with Gasteiger partial charge >= 0.3 is 6.09 Å². The van der Waals surface area contributed by atoms with Gasteiger partial charge in [-0.15, -0.1) is 5.54 Å². The molecular weight excluding hydrogens is 486 g/mol. The molecule has 196 valence electrons. The van der Waals surface area contributed by atoms with Gasteiger partial charge in [-0.05, 0) is 52.4 Å². The van der Waals surface area contributed by atoms with Crippen molar-refractivity contribution in [2.45, 2.75) is 39.0 Å². The standard InChI is InChI=1S/C32H37N3O2Si/c1-23-24(13-18-38(2,3)4)19-26(33)20-25(23)21-34-14-16-35(17-15-34)32(36)37-22-31-29-11-7-5-9-27(29)28-10-6-8-12-30(28)31/h5-12,19-20,31H,14-17,21-22,33H2,1-4H3. The lowest BCUT2D eigenvalue weighted by Crippen LogP contribution is -2.48. The number of anilines is 1. The molecule has 1 heterocycles. The third kappa shape index (κ3) is 5.64. The van der Waals surface area contributed by atoms with E-state index in [1.165, 1.54) is 33.4 Å². The number of carbonyl (C=O) groups is 1. The summed E-state index contributed by atoms with van der Waals surface area (Å²) in [6.07, 6.45) is -0.226. The van der Waals surface area contributed by atoms with Crippen LogP contribution in [0.25, 0.3) is 11.1 Å². The second kappa shape index (κ2) is 10.7. The second-order valence-corrected chi connectivity index (χ2v) is 16.2. The molecule has 3 aromatic rings. The van der Waals surface area contributed by atoms with Gasteiger partial charge in [0, 0.05) is 49.9 Å². The summed E-state index contributed by atoms with van der Waals surface area (Å²) in [6, 6.07) is 20.9. The number of fused-ring (bicyclic) bond motifs is 3. The lowest BCUT2D eigenvalue weighted by molar-refractivity contribution is 0.0728. The van der Waals surface area contributed by atoms with Crippen LogP contribution in [0.1, 0.15) is 33.7 Å². The summed E-state index contributed by atoms with van der Waals surface area (Å²) in [5, 5.41) is 0. The molecule has 0 atom stereocenters. The van der Waals surface area contributed by atoms with Crippen molar-refractivity contribution in [1.82, 2.24) is 9.80 Å². The summed E-state index contributed by atoms with van der Waals surface area (Å²) >= 11 is 0. The Kier molecular flexibility index (Phi) is 7.33. The summed E-state index contributed by atoms with van der Waals surface area (Å²) in [7, 11) is -1.47. The summed E-state index contributed by atoms with van der Waals surface area (Å²) < 4.78 is 5.88. The zero-order valence-corrected chi connectivity index (χ0v) is 23.9. The van der Waals surface area contributed by atoms with E-state index in [4.69, 9.17) is 10.5 Å². The molecule has 0 unspecified atom stereocenters. The normalized spacial score (nSPS) is 15.4. The fraction of sp³-hybridized carbons (Fsp3) is 0.344. The average molecular weight is 524 g/mol. The number of ether oxygens (including phenoxy) is 1. The molecule has 0 saturated carbocycles. The number of hydrogen-bond acceptors (Lipinski definition) is 4. The van der Waals surface area contributed by atoms with Gasteiger partial charge in [-0.3, -0.25) is 4.90 Å². The van der Waals surface area contributed by atoms with Crippen LogP contribution in [0.4, 0.5) is 10.5 Å². The number of nitrogens with two attached hydrogens (primary N) is 1. The van der Waals surface area contributed by atoms with Gasteiger partial charge in [0.2, 0.25) is 0 Å². The first kappa shape index (κ1) is 26.1. The van der Waals surface area contributed by atoms with Gasteiger partial charge in [-0.25, -0.2) is 4.79 Å². The minimum Gasteiger partial charge on any atom is -0.448 e. The average Bonchev–Trinajstić information content (AvgIpc) is 3.22. The highest BCUT2D eigenvalue weighted by Gasteiger charge is 2.30. The Morgan fingerprint density at radius 2 is 1.58 bits per heavy atom. The van der Waals surface area contributed by atoms with Crippen LogP contribution in [0.5, 0.6) is 0 Å². The van der Waals surface area contributed by atoms with E-state index in [0.717, 1.165) is 30.9 Å². The van der Waals surface area contributed by atoms with Gasteiger partial charge in [0.05, 0.1) is 0 Å². The predicted molar refractivity (Wildman–Crippen MR) is 158 cm³/mol. The topological polar surface area (TPSA) is 58.8 Å². The Hall–Kier alpha value is -3.53. The molecule has 0 aromatic heterocycles. The molecule has 5 rings (SSSR count). The molecule has 0 spiro atoms. The molecule has 5 nitrogen and oxygen atoms in total. The highest BCUT2D eigenvalue weighted by Crippen LogP contribution is 2.44. The van der Waals surface area contributed by atoms with Gasteiger partial charge in [0.15, 0.2) is 0 Å². The number of hydrogen-bond donors (Lipinski definition) is 1. The smallest absolute Gasteiger partial charge is 0.409 e. The Morgan fingerprint density at radius 3 is 2.18 bits per heavy atom. The number of amides is 1. The van der Waals surface area contributed by atoms with E-state index in [2.05, 4.69) is 97.5 Å². The molecule has 0 radical (unpaired) electrons. The number of nitrogens with zero attached hydrogens (tertiary/aromatic N) is 2. The summed E-state index contributed by atoms with van der Waals surface area (Å²) in [5.41, 5.74) is 18.8. The number of nitrogen functional groups attached to an aromatic ring is 1. The molecule has 1 aliphatic carbocycles. The van der Waals surface area contributed by atoms with Crippen LogP contribution in [0.2, 0.25) is 19.6 Å². The van der Waals surface area contributed by atoms with Crippen molar-refractivity contribution < 1.29 is 9.53 Å². The molecule has 3 aromatic carbocycles. The van der Waals surface area contributed by atoms with Crippen molar-refractivity contribution in [3.63, 3.8) is 0 Å². The molecule has 6 heteroatoms. The largest absolute Gasteiger partial charge is 0.448 e. The van der Waals surface area contributed by atoms with Crippen molar-refractivity contribution in [2.75, 3.05) is 38.5 Å². The predicted octanol–water partition coefficient (Wildman–Crippen LogP) is 5.87. The van der Waals surface area contributed by atoms with Gasteiger partial charge < -0.3 is 15.4 Å². The van der Waals surface area contributed by atoms with E-state index < -0.39 is 8.07 Å². The van der Waals surface area contributed by atoms with E-state index >= 15 is 0 Å². The van der Waals surface area contributed by atoms with Crippen LogP contribution >= 0.6 is 0 Å². The molecule has 2 aliphatic rings. The molecule has 1 saturated heterocycles. The number of carbonyl (C=O) groups excluding carboxylic acids is 1. The monoisotopic (exact) mass is 523 g/mol. The van der Waals surface area contributed by atoms with Crippen LogP contribution in [-0.2, 0) is 11.3 Å². The van der Waals surface area contributed by atoms with E-state index in [0.29, 0.717) is 19.7 Å².